The van der Waals surface area contributed by atoms with Crippen LogP contribution >= 0.6 is 11.8 Å². The molecule has 3 aromatic rings. The van der Waals surface area contributed by atoms with Crippen molar-refractivity contribution in [1.82, 2.24) is 9.88 Å². The summed E-state index contributed by atoms with van der Waals surface area (Å²) in [5.41, 5.74) is 5.14. The number of aromatic nitrogens is 1. The lowest BCUT2D eigenvalue weighted by Crippen LogP contribution is -2.44. The number of nitrogens with one attached hydrogen (secondary N) is 1. The number of thioether (sulfide) groups is 1. The number of anilines is 2. The molecular formula is C28H26FN5O2S. The topological polar surface area (TPSA) is 92.5 Å². The number of hydrogen-bond acceptors (Lipinski definition) is 7. The molecule has 37 heavy (non-hydrogen) atoms. The first kappa shape index (κ1) is 24.8. The molecule has 2 aliphatic rings. The highest BCUT2D eigenvalue weighted by Crippen LogP contribution is 2.35. The lowest BCUT2D eigenvalue weighted by Gasteiger charge is -2.31. The van der Waals surface area contributed by atoms with Gasteiger partial charge in [-0.1, -0.05) is 18.2 Å². The zero-order valence-corrected chi connectivity index (χ0v) is 21.1. The summed E-state index contributed by atoms with van der Waals surface area (Å²) in [6.45, 7) is 2.49. The number of carboxylic acids is 1. The summed E-state index contributed by atoms with van der Waals surface area (Å²) in [6.07, 6.45) is 3.15. The van der Waals surface area contributed by atoms with Crippen LogP contribution in [0.3, 0.4) is 0 Å². The second kappa shape index (κ2) is 10.6. The molecule has 1 unspecified atom stereocenters. The van der Waals surface area contributed by atoms with E-state index in [2.05, 4.69) is 21.2 Å². The number of carboxylic acid groups (broad SMARTS) is 1. The van der Waals surface area contributed by atoms with E-state index in [4.69, 9.17) is 10.2 Å². The van der Waals surface area contributed by atoms with Crippen LogP contribution < -0.4 is 10.2 Å². The summed E-state index contributed by atoms with van der Waals surface area (Å²) in [4.78, 5) is 20.6. The number of nitrogens with zero attached hydrogens (tertiary/aromatic N) is 4. The minimum atomic E-state index is -0.925. The Morgan fingerprint density at radius 1 is 1.27 bits per heavy atom. The number of benzene rings is 2. The first-order valence-corrected chi connectivity index (χ1v) is 13.0. The third kappa shape index (κ3) is 5.45. The number of nitriles is 1. The fourth-order valence-electron chi connectivity index (χ4n) is 4.60. The fourth-order valence-corrected chi connectivity index (χ4v) is 5.48. The predicted octanol–water partition coefficient (Wildman–Crippen LogP) is 5.06. The van der Waals surface area contributed by atoms with Gasteiger partial charge in [-0.05, 0) is 60.0 Å². The van der Waals surface area contributed by atoms with Gasteiger partial charge in [-0.2, -0.15) is 5.26 Å². The monoisotopic (exact) mass is 515 g/mol. The van der Waals surface area contributed by atoms with Gasteiger partial charge in [0.25, 0.3) is 0 Å². The van der Waals surface area contributed by atoms with Crippen molar-refractivity contribution in [1.29, 1.82) is 5.26 Å². The lowest BCUT2D eigenvalue weighted by atomic mass is 10.0. The van der Waals surface area contributed by atoms with Crippen LogP contribution in [0.25, 0.3) is 5.57 Å². The molecule has 0 aliphatic carbocycles. The lowest BCUT2D eigenvalue weighted by molar-refractivity contribution is 0.0697. The summed E-state index contributed by atoms with van der Waals surface area (Å²) >= 11 is 1.48. The molecule has 0 spiro atoms. The maximum atomic E-state index is 14.2. The maximum absolute atomic E-state index is 14.2. The van der Waals surface area contributed by atoms with E-state index in [1.807, 2.05) is 37.4 Å². The van der Waals surface area contributed by atoms with Gasteiger partial charge in [0.2, 0.25) is 0 Å². The molecule has 2 aromatic carbocycles. The van der Waals surface area contributed by atoms with Crippen molar-refractivity contribution in [2.45, 2.75) is 23.4 Å². The smallest absolute Gasteiger partial charge is 0.335 e. The molecule has 1 aromatic heterocycles. The van der Waals surface area contributed by atoms with Gasteiger partial charge in [0, 0.05) is 32.4 Å². The Labute approximate surface area is 219 Å². The number of halogens is 1. The second-order valence-corrected chi connectivity index (χ2v) is 10.1. The van der Waals surface area contributed by atoms with Crippen LogP contribution in [-0.2, 0) is 5.75 Å². The second-order valence-electron chi connectivity index (χ2n) is 9.11. The average Bonchev–Trinajstić information content (AvgIpc) is 3.22. The van der Waals surface area contributed by atoms with E-state index in [-0.39, 0.29) is 17.5 Å². The molecule has 188 valence electrons. The van der Waals surface area contributed by atoms with Gasteiger partial charge >= 0.3 is 5.97 Å². The molecule has 0 fully saturated rings. The summed E-state index contributed by atoms with van der Waals surface area (Å²) in [6, 6.07) is 17.6. The van der Waals surface area contributed by atoms with Crippen LogP contribution in [-0.4, -0.2) is 53.8 Å². The molecule has 2 N–H and O–H groups in total. The van der Waals surface area contributed by atoms with Crippen LogP contribution in [0.2, 0.25) is 0 Å². The highest BCUT2D eigenvalue weighted by Gasteiger charge is 2.28. The zero-order valence-electron chi connectivity index (χ0n) is 20.3. The van der Waals surface area contributed by atoms with Gasteiger partial charge in [-0.25, -0.2) is 14.2 Å². The number of rotatable bonds is 7. The summed E-state index contributed by atoms with van der Waals surface area (Å²) in [5, 5.41) is 22.5. The van der Waals surface area contributed by atoms with E-state index < -0.39 is 5.97 Å². The SMILES string of the molecule is CN1c2cc(C(=O)O)ccc2NC1CN1CC=C(c2cccc(SCc3ccc(C#N)cc3F)n2)CC1. The summed E-state index contributed by atoms with van der Waals surface area (Å²) in [5.74, 6) is -0.851. The molecule has 2 aliphatic heterocycles. The van der Waals surface area contributed by atoms with Crippen molar-refractivity contribution in [2.75, 3.05) is 36.9 Å². The Kier molecular flexibility index (Phi) is 7.12. The summed E-state index contributed by atoms with van der Waals surface area (Å²) in [7, 11) is 1.98. The molecular weight excluding hydrogens is 489 g/mol. The molecule has 3 heterocycles. The van der Waals surface area contributed by atoms with Crippen LogP contribution in [0, 0.1) is 17.1 Å². The third-order valence-corrected chi connectivity index (χ3v) is 7.73. The number of pyridine rings is 1. The van der Waals surface area contributed by atoms with Gasteiger partial charge < -0.3 is 15.3 Å². The number of hydrogen-bond donors (Lipinski definition) is 2. The van der Waals surface area contributed by atoms with E-state index in [0.29, 0.717) is 16.9 Å². The van der Waals surface area contributed by atoms with Crippen LogP contribution in [0.15, 0.2) is 65.7 Å². The van der Waals surface area contributed by atoms with Crippen molar-refractivity contribution >= 4 is 34.7 Å². The Morgan fingerprint density at radius 2 is 2.14 bits per heavy atom. The number of carbonyl (C=O) groups is 1. The maximum Gasteiger partial charge on any atom is 0.335 e. The molecule has 1 atom stereocenters. The predicted molar refractivity (Wildman–Crippen MR) is 143 cm³/mol. The van der Waals surface area contributed by atoms with Crippen LogP contribution in [0.5, 0.6) is 0 Å². The molecule has 7 nitrogen and oxygen atoms in total. The molecule has 0 bridgehead atoms. The number of aromatic carboxylic acids is 1. The van der Waals surface area contributed by atoms with Crippen molar-refractivity contribution in [2.24, 2.45) is 0 Å². The van der Waals surface area contributed by atoms with Crippen molar-refractivity contribution < 1.29 is 14.3 Å². The van der Waals surface area contributed by atoms with Crippen LogP contribution in [0.1, 0.15) is 33.6 Å². The molecule has 9 heteroatoms. The minimum absolute atomic E-state index is 0.0643. The first-order valence-electron chi connectivity index (χ1n) is 12.0. The van der Waals surface area contributed by atoms with Crippen molar-refractivity contribution in [3.63, 3.8) is 0 Å². The molecule has 5 rings (SSSR count). The Hall–Kier alpha value is -3.87. The Morgan fingerprint density at radius 3 is 2.86 bits per heavy atom. The van der Waals surface area contributed by atoms with E-state index in [0.717, 1.165) is 48.1 Å². The van der Waals surface area contributed by atoms with Gasteiger partial charge in [0.1, 0.15) is 12.0 Å². The highest BCUT2D eigenvalue weighted by atomic mass is 32.2. The quantitative estimate of drug-likeness (QED) is 0.422. The van der Waals surface area contributed by atoms with Gasteiger partial charge in [-0.15, -0.1) is 11.8 Å². The normalized spacial score (nSPS) is 17.1. The largest absolute Gasteiger partial charge is 0.478 e. The first-order chi connectivity index (χ1) is 17.9. The van der Waals surface area contributed by atoms with Gasteiger partial charge in [-0.3, -0.25) is 4.90 Å². The summed E-state index contributed by atoms with van der Waals surface area (Å²) < 4.78 is 14.2. The van der Waals surface area contributed by atoms with Gasteiger partial charge in [0.15, 0.2) is 0 Å². The molecule has 0 radical (unpaired) electrons. The highest BCUT2D eigenvalue weighted by molar-refractivity contribution is 7.98. The molecule has 0 saturated heterocycles. The van der Waals surface area contributed by atoms with Crippen molar-refractivity contribution in [3.8, 4) is 6.07 Å². The van der Waals surface area contributed by atoms with Gasteiger partial charge in [0.05, 0.1) is 39.3 Å². The third-order valence-electron chi connectivity index (χ3n) is 6.75. The number of fused-ring (bicyclic) bond motifs is 1. The average molecular weight is 516 g/mol. The Balaban J connectivity index is 1.19. The van der Waals surface area contributed by atoms with E-state index >= 15 is 0 Å². The van der Waals surface area contributed by atoms with Crippen LogP contribution in [0.4, 0.5) is 15.8 Å². The van der Waals surface area contributed by atoms with E-state index in [1.54, 1.807) is 24.3 Å². The van der Waals surface area contributed by atoms with E-state index in [9.17, 15) is 14.3 Å². The van der Waals surface area contributed by atoms with Crippen molar-refractivity contribution in [3.05, 3.63) is 88.9 Å². The molecule has 0 amide bonds. The number of likely N-dealkylation sites (N-methyl/N-ethyl adjacent to an activating group) is 1. The minimum Gasteiger partial charge on any atom is -0.478 e. The fraction of sp³-hybridized carbons (Fsp3) is 0.250. The van der Waals surface area contributed by atoms with E-state index in [1.165, 1.54) is 23.4 Å². The zero-order chi connectivity index (χ0) is 25.9. The standard InChI is InChI=1S/C28H26FN5O2S/c1-33-25-14-20(28(35)36)7-8-24(25)31-26(33)16-34-11-9-19(10-12-34)23-3-2-4-27(32-23)37-17-21-6-5-18(15-30)13-22(21)29/h2-9,13-14,26,31H,10-12,16-17H2,1H3,(H,35,36). The Bertz CT molecular complexity index is 1420. The molecule has 0 saturated carbocycles.